The van der Waals surface area contributed by atoms with Gasteiger partial charge in [0.05, 0.1) is 5.56 Å². The first-order chi connectivity index (χ1) is 12.1. The zero-order valence-electron chi connectivity index (χ0n) is 14.2. The summed E-state index contributed by atoms with van der Waals surface area (Å²) < 4.78 is 0. The Hall–Kier alpha value is -2.14. The van der Waals surface area contributed by atoms with Crippen molar-refractivity contribution in [1.82, 2.24) is 0 Å². The van der Waals surface area contributed by atoms with Gasteiger partial charge in [0.25, 0.3) is 5.91 Å². The second-order valence-electron chi connectivity index (χ2n) is 7.15. The predicted octanol–water partition coefficient (Wildman–Crippen LogP) is 4.20. The molecule has 2 aliphatic rings. The van der Waals surface area contributed by atoms with Crippen molar-refractivity contribution in [3.8, 4) is 11.1 Å². The fourth-order valence-electron chi connectivity index (χ4n) is 3.93. The van der Waals surface area contributed by atoms with Gasteiger partial charge in [-0.3, -0.25) is 9.59 Å². The molecule has 130 valence electrons. The van der Waals surface area contributed by atoms with E-state index < -0.39 is 5.91 Å². The number of amides is 2. The molecule has 5 heteroatoms. The van der Waals surface area contributed by atoms with Crippen LogP contribution in [0.15, 0.2) is 30.3 Å². The number of hydrogen-bond acceptors (Lipinski definition) is 3. The number of thiophene rings is 1. The van der Waals surface area contributed by atoms with E-state index in [-0.39, 0.29) is 11.8 Å². The highest BCUT2D eigenvalue weighted by molar-refractivity contribution is 7.17. The zero-order chi connectivity index (χ0) is 17.6. The Labute approximate surface area is 151 Å². The molecule has 3 N–H and O–H groups in total. The van der Waals surface area contributed by atoms with E-state index in [0.29, 0.717) is 16.5 Å². The minimum absolute atomic E-state index is 0.0419. The Balaban J connectivity index is 1.60. The van der Waals surface area contributed by atoms with Crippen LogP contribution in [0.3, 0.4) is 0 Å². The molecule has 1 heterocycles. The van der Waals surface area contributed by atoms with Gasteiger partial charge in [0.15, 0.2) is 0 Å². The highest BCUT2D eigenvalue weighted by Crippen LogP contribution is 2.52. The standard InChI is InChI=1S/C20H22N2O2S/c1-11-16(13-6-3-2-4-7-13)17(18(21)23)20(25-11)22-19(24)15-10-14(15)12-8-5-9-12/h2-4,6-7,12,14-15H,5,8-10H2,1H3,(H2,21,23)(H,22,24)/t14-,15+/m0/s1. The number of anilines is 1. The van der Waals surface area contributed by atoms with Crippen LogP contribution in [0.2, 0.25) is 0 Å². The molecule has 2 amide bonds. The molecular weight excluding hydrogens is 332 g/mol. The average molecular weight is 354 g/mol. The summed E-state index contributed by atoms with van der Waals surface area (Å²) in [6.45, 7) is 1.96. The molecule has 0 radical (unpaired) electrons. The molecule has 25 heavy (non-hydrogen) atoms. The summed E-state index contributed by atoms with van der Waals surface area (Å²) >= 11 is 1.43. The predicted molar refractivity (Wildman–Crippen MR) is 101 cm³/mol. The maximum atomic E-state index is 12.6. The minimum Gasteiger partial charge on any atom is -0.365 e. The number of primary amides is 1. The quantitative estimate of drug-likeness (QED) is 0.845. The minimum atomic E-state index is -0.496. The average Bonchev–Trinajstić information content (AvgIpc) is 3.23. The number of nitrogens with one attached hydrogen (secondary N) is 1. The molecule has 2 aromatic rings. The Kier molecular flexibility index (Phi) is 4.12. The Bertz CT molecular complexity index is 824. The van der Waals surface area contributed by atoms with Gasteiger partial charge in [0.1, 0.15) is 5.00 Å². The molecule has 2 atom stereocenters. The summed E-state index contributed by atoms with van der Waals surface area (Å²) in [4.78, 5) is 25.7. The van der Waals surface area contributed by atoms with Crippen molar-refractivity contribution in [2.45, 2.75) is 32.6 Å². The van der Waals surface area contributed by atoms with Crippen LogP contribution in [0.25, 0.3) is 11.1 Å². The number of nitrogens with two attached hydrogens (primary N) is 1. The Morgan fingerprint density at radius 2 is 1.92 bits per heavy atom. The van der Waals surface area contributed by atoms with E-state index in [1.807, 2.05) is 37.3 Å². The number of aryl methyl sites for hydroxylation is 1. The number of carbonyl (C=O) groups excluding carboxylic acids is 2. The first-order valence-electron chi connectivity index (χ1n) is 8.85. The van der Waals surface area contributed by atoms with Crippen molar-refractivity contribution < 1.29 is 9.59 Å². The van der Waals surface area contributed by atoms with Gasteiger partial charge in [-0.2, -0.15) is 0 Å². The highest BCUT2D eigenvalue weighted by Gasteiger charge is 2.49. The van der Waals surface area contributed by atoms with Crippen molar-refractivity contribution >= 4 is 28.2 Å². The summed E-state index contributed by atoms with van der Waals surface area (Å²) in [6, 6.07) is 9.72. The van der Waals surface area contributed by atoms with Gasteiger partial charge < -0.3 is 11.1 Å². The first-order valence-corrected chi connectivity index (χ1v) is 9.67. The molecule has 2 fully saturated rings. The van der Waals surface area contributed by atoms with Gasteiger partial charge in [0.2, 0.25) is 5.91 Å². The SMILES string of the molecule is Cc1sc(NC(=O)[C@@H]2C[C@H]2C2CCC2)c(C(N)=O)c1-c1ccccc1. The van der Waals surface area contributed by atoms with Gasteiger partial charge in [-0.1, -0.05) is 49.6 Å². The van der Waals surface area contributed by atoms with E-state index in [0.717, 1.165) is 28.3 Å². The summed E-state index contributed by atoms with van der Waals surface area (Å²) in [5.74, 6) is 0.926. The van der Waals surface area contributed by atoms with Gasteiger partial charge in [0, 0.05) is 16.4 Å². The van der Waals surface area contributed by atoms with Crippen LogP contribution in [-0.4, -0.2) is 11.8 Å². The van der Waals surface area contributed by atoms with Crippen LogP contribution in [0.4, 0.5) is 5.00 Å². The largest absolute Gasteiger partial charge is 0.365 e. The summed E-state index contributed by atoms with van der Waals surface area (Å²) in [5, 5.41) is 3.59. The monoisotopic (exact) mass is 354 g/mol. The second-order valence-corrected chi connectivity index (χ2v) is 8.38. The van der Waals surface area contributed by atoms with E-state index in [1.54, 1.807) is 0 Å². The molecule has 0 aliphatic heterocycles. The summed E-state index contributed by atoms with van der Waals surface area (Å²) in [7, 11) is 0. The smallest absolute Gasteiger partial charge is 0.252 e. The third-order valence-electron chi connectivity index (χ3n) is 5.56. The van der Waals surface area contributed by atoms with Crippen molar-refractivity contribution in [3.05, 3.63) is 40.8 Å². The molecule has 4 nitrogen and oxygen atoms in total. The normalized spacial score (nSPS) is 22.3. The highest BCUT2D eigenvalue weighted by atomic mass is 32.1. The lowest BCUT2D eigenvalue weighted by molar-refractivity contribution is -0.117. The first kappa shape index (κ1) is 16.3. The fourth-order valence-corrected chi connectivity index (χ4v) is 5.01. The van der Waals surface area contributed by atoms with Crippen LogP contribution in [0, 0.1) is 24.7 Å². The topological polar surface area (TPSA) is 72.2 Å². The Morgan fingerprint density at radius 1 is 1.20 bits per heavy atom. The molecule has 1 aromatic heterocycles. The van der Waals surface area contributed by atoms with E-state index in [1.165, 1.54) is 30.6 Å². The molecule has 2 aliphatic carbocycles. The lowest BCUT2D eigenvalue weighted by Gasteiger charge is -2.25. The molecule has 1 aromatic carbocycles. The van der Waals surface area contributed by atoms with Crippen LogP contribution in [0.1, 0.15) is 40.9 Å². The van der Waals surface area contributed by atoms with Crippen LogP contribution in [0.5, 0.6) is 0 Å². The van der Waals surface area contributed by atoms with Crippen LogP contribution >= 0.6 is 11.3 Å². The van der Waals surface area contributed by atoms with Crippen molar-refractivity contribution in [2.24, 2.45) is 23.5 Å². The molecule has 0 bridgehead atoms. The molecule has 0 spiro atoms. The third kappa shape index (κ3) is 2.97. The third-order valence-corrected chi connectivity index (χ3v) is 6.58. The van der Waals surface area contributed by atoms with E-state index in [4.69, 9.17) is 5.73 Å². The number of rotatable bonds is 5. The van der Waals surface area contributed by atoms with Gasteiger partial charge in [-0.25, -0.2) is 0 Å². The van der Waals surface area contributed by atoms with Crippen molar-refractivity contribution in [2.75, 3.05) is 5.32 Å². The molecule has 0 unspecified atom stereocenters. The number of hydrogen-bond donors (Lipinski definition) is 2. The maximum absolute atomic E-state index is 12.6. The second kappa shape index (κ2) is 6.30. The molecule has 0 saturated heterocycles. The molecular formula is C20H22N2O2S. The number of carbonyl (C=O) groups is 2. The number of benzene rings is 1. The van der Waals surface area contributed by atoms with Crippen LogP contribution in [-0.2, 0) is 4.79 Å². The molecule has 4 rings (SSSR count). The maximum Gasteiger partial charge on any atom is 0.252 e. The van der Waals surface area contributed by atoms with Gasteiger partial charge in [-0.15, -0.1) is 11.3 Å². The van der Waals surface area contributed by atoms with E-state index >= 15 is 0 Å². The summed E-state index contributed by atoms with van der Waals surface area (Å²) in [6.07, 6.45) is 4.80. The van der Waals surface area contributed by atoms with Crippen molar-refractivity contribution in [3.63, 3.8) is 0 Å². The lowest BCUT2D eigenvalue weighted by Crippen LogP contribution is -2.21. The fraction of sp³-hybridized carbons (Fsp3) is 0.400. The lowest BCUT2D eigenvalue weighted by atomic mass is 9.81. The van der Waals surface area contributed by atoms with Gasteiger partial charge in [-0.05, 0) is 30.7 Å². The Morgan fingerprint density at radius 3 is 2.52 bits per heavy atom. The summed E-state index contributed by atoms with van der Waals surface area (Å²) in [5.41, 5.74) is 7.87. The van der Waals surface area contributed by atoms with E-state index in [9.17, 15) is 9.59 Å². The van der Waals surface area contributed by atoms with Crippen LogP contribution < -0.4 is 11.1 Å². The van der Waals surface area contributed by atoms with Crippen molar-refractivity contribution in [1.29, 1.82) is 0 Å². The zero-order valence-corrected chi connectivity index (χ0v) is 15.1. The van der Waals surface area contributed by atoms with Gasteiger partial charge >= 0.3 is 0 Å². The van der Waals surface area contributed by atoms with E-state index in [2.05, 4.69) is 5.32 Å². The molecule has 2 saturated carbocycles.